The van der Waals surface area contributed by atoms with Crippen LogP contribution in [-0.2, 0) is 4.79 Å². The Hall–Kier alpha value is -0.460. The minimum absolute atomic E-state index is 0. The Labute approximate surface area is 118 Å². The van der Waals surface area contributed by atoms with Crippen LogP contribution in [-0.4, -0.2) is 56.0 Å². The van der Waals surface area contributed by atoms with E-state index < -0.39 is 5.92 Å². The van der Waals surface area contributed by atoms with E-state index in [2.05, 4.69) is 10.6 Å². The monoisotopic (exact) mass is 297 g/mol. The molecule has 0 bridgehead atoms. The summed E-state index contributed by atoms with van der Waals surface area (Å²) in [5.41, 5.74) is 0. The van der Waals surface area contributed by atoms with Crippen molar-refractivity contribution in [1.29, 1.82) is 0 Å². The third-order valence-electron chi connectivity index (χ3n) is 3.75. The summed E-state index contributed by atoms with van der Waals surface area (Å²) in [5, 5.41) is 6.03. The number of halogens is 3. The van der Waals surface area contributed by atoms with Crippen molar-refractivity contribution in [3.63, 3.8) is 0 Å². The van der Waals surface area contributed by atoms with Gasteiger partial charge in [-0.25, -0.2) is 8.78 Å². The van der Waals surface area contributed by atoms with Gasteiger partial charge >= 0.3 is 0 Å². The van der Waals surface area contributed by atoms with Crippen molar-refractivity contribution in [1.82, 2.24) is 15.5 Å². The number of alkyl halides is 2. The summed E-state index contributed by atoms with van der Waals surface area (Å²) in [5.74, 6) is -2.33. The number of rotatable bonds is 4. The minimum Gasteiger partial charge on any atom is -0.355 e. The maximum absolute atomic E-state index is 12.9. The molecule has 0 aromatic rings. The fourth-order valence-corrected chi connectivity index (χ4v) is 2.46. The van der Waals surface area contributed by atoms with Gasteiger partial charge in [-0.15, -0.1) is 12.4 Å². The normalized spacial score (nSPS) is 26.7. The van der Waals surface area contributed by atoms with Crippen LogP contribution in [0, 0.1) is 5.92 Å². The fraction of sp³-hybridized carbons (Fsp3) is 0.917. The topological polar surface area (TPSA) is 44.4 Å². The number of carbonyl (C=O) groups excluding carboxylic acids is 1. The highest BCUT2D eigenvalue weighted by Crippen LogP contribution is 2.27. The number of piperidine rings is 1. The lowest BCUT2D eigenvalue weighted by molar-refractivity contribution is -0.124. The van der Waals surface area contributed by atoms with Gasteiger partial charge in [-0.3, -0.25) is 4.79 Å². The van der Waals surface area contributed by atoms with Gasteiger partial charge in [0.2, 0.25) is 5.91 Å². The predicted octanol–water partition coefficient (Wildman–Crippen LogP) is 0.865. The second-order valence-corrected chi connectivity index (χ2v) is 5.18. The van der Waals surface area contributed by atoms with Crippen molar-refractivity contribution in [2.45, 2.75) is 25.2 Å². The van der Waals surface area contributed by atoms with E-state index in [1.54, 1.807) is 0 Å². The van der Waals surface area contributed by atoms with E-state index in [9.17, 15) is 13.6 Å². The molecule has 112 valence electrons. The van der Waals surface area contributed by atoms with Gasteiger partial charge in [0.25, 0.3) is 5.92 Å². The molecule has 2 saturated heterocycles. The van der Waals surface area contributed by atoms with Crippen molar-refractivity contribution >= 4 is 18.3 Å². The van der Waals surface area contributed by atoms with Gasteiger partial charge in [0.15, 0.2) is 0 Å². The number of carbonyl (C=O) groups is 1. The van der Waals surface area contributed by atoms with E-state index >= 15 is 0 Å². The first-order valence-electron chi connectivity index (χ1n) is 6.65. The molecule has 0 radical (unpaired) electrons. The van der Waals surface area contributed by atoms with Crippen LogP contribution in [0.15, 0.2) is 0 Å². The van der Waals surface area contributed by atoms with Crippen molar-refractivity contribution in [3.05, 3.63) is 0 Å². The van der Waals surface area contributed by atoms with Crippen molar-refractivity contribution < 1.29 is 13.6 Å². The van der Waals surface area contributed by atoms with E-state index in [4.69, 9.17) is 0 Å². The number of nitrogens with zero attached hydrogens (tertiary/aromatic N) is 1. The van der Waals surface area contributed by atoms with E-state index in [0.717, 1.165) is 19.5 Å². The average molecular weight is 298 g/mol. The van der Waals surface area contributed by atoms with Crippen LogP contribution in [0.25, 0.3) is 0 Å². The molecular weight excluding hydrogens is 276 g/mol. The first-order chi connectivity index (χ1) is 8.57. The van der Waals surface area contributed by atoms with Gasteiger partial charge in [-0.05, 0) is 13.0 Å². The second-order valence-electron chi connectivity index (χ2n) is 5.18. The Kier molecular flexibility index (Phi) is 6.42. The first-order valence-corrected chi connectivity index (χ1v) is 6.65. The average Bonchev–Trinajstić information content (AvgIpc) is 2.85. The van der Waals surface area contributed by atoms with Crippen molar-refractivity contribution in [3.8, 4) is 0 Å². The molecule has 2 heterocycles. The standard InChI is InChI=1S/C12H21F2N3O.ClH/c13-12(14)2-6-17(7-3-12)8-5-16-11(18)10-1-4-15-9-10;/h10,15H,1-9H2,(H,16,18);1H/t10-;/m1./s1. The highest BCUT2D eigenvalue weighted by Gasteiger charge is 2.33. The lowest BCUT2D eigenvalue weighted by Crippen LogP contribution is -2.43. The Morgan fingerprint density at radius 2 is 2.05 bits per heavy atom. The number of nitrogens with one attached hydrogen (secondary N) is 2. The summed E-state index contributed by atoms with van der Waals surface area (Å²) in [4.78, 5) is 13.7. The van der Waals surface area contributed by atoms with Crippen LogP contribution in [0.4, 0.5) is 8.78 Å². The highest BCUT2D eigenvalue weighted by molar-refractivity contribution is 5.85. The Morgan fingerprint density at radius 1 is 1.37 bits per heavy atom. The fourth-order valence-electron chi connectivity index (χ4n) is 2.46. The molecule has 4 nitrogen and oxygen atoms in total. The molecule has 2 fully saturated rings. The molecule has 7 heteroatoms. The maximum Gasteiger partial charge on any atom is 0.250 e. The molecule has 2 aliphatic rings. The van der Waals surface area contributed by atoms with Crippen LogP contribution in [0.5, 0.6) is 0 Å². The molecule has 0 unspecified atom stereocenters. The predicted molar refractivity (Wildman–Crippen MR) is 71.9 cm³/mol. The Bertz CT molecular complexity index is 289. The molecule has 1 atom stereocenters. The molecule has 19 heavy (non-hydrogen) atoms. The first kappa shape index (κ1) is 16.6. The SMILES string of the molecule is Cl.O=C(NCCN1CCC(F)(F)CC1)[C@@H]1CCNC1. The smallest absolute Gasteiger partial charge is 0.250 e. The number of hydrogen-bond donors (Lipinski definition) is 2. The summed E-state index contributed by atoms with van der Waals surface area (Å²) in [6.45, 7) is 3.73. The summed E-state index contributed by atoms with van der Waals surface area (Å²) < 4.78 is 25.9. The summed E-state index contributed by atoms with van der Waals surface area (Å²) in [7, 11) is 0. The molecule has 2 aliphatic heterocycles. The maximum atomic E-state index is 12.9. The van der Waals surface area contributed by atoms with Gasteiger partial charge < -0.3 is 15.5 Å². The number of amides is 1. The molecule has 2 rings (SSSR count). The molecular formula is C12H22ClF2N3O. The lowest BCUT2D eigenvalue weighted by Gasteiger charge is -2.31. The largest absolute Gasteiger partial charge is 0.355 e. The summed E-state index contributed by atoms with van der Waals surface area (Å²) >= 11 is 0. The molecule has 0 aliphatic carbocycles. The number of likely N-dealkylation sites (tertiary alicyclic amines) is 1. The summed E-state index contributed by atoms with van der Waals surface area (Å²) in [6, 6.07) is 0. The van der Waals surface area contributed by atoms with E-state index in [1.165, 1.54) is 0 Å². The van der Waals surface area contributed by atoms with Gasteiger partial charge in [0.05, 0.1) is 5.92 Å². The zero-order valence-corrected chi connectivity index (χ0v) is 11.8. The van der Waals surface area contributed by atoms with Gasteiger partial charge in [-0.2, -0.15) is 0 Å². The zero-order valence-electron chi connectivity index (χ0n) is 11.0. The minimum atomic E-state index is -2.49. The second kappa shape index (κ2) is 7.36. The van der Waals surface area contributed by atoms with Crippen LogP contribution < -0.4 is 10.6 Å². The molecule has 0 saturated carbocycles. The highest BCUT2D eigenvalue weighted by atomic mass is 35.5. The lowest BCUT2D eigenvalue weighted by atomic mass is 10.1. The Balaban J connectivity index is 0.00000180. The van der Waals surface area contributed by atoms with Crippen LogP contribution >= 0.6 is 12.4 Å². The Morgan fingerprint density at radius 3 is 2.63 bits per heavy atom. The van der Waals surface area contributed by atoms with Crippen LogP contribution in [0.2, 0.25) is 0 Å². The van der Waals surface area contributed by atoms with E-state index in [-0.39, 0.29) is 37.1 Å². The quantitative estimate of drug-likeness (QED) is 0.809. The van der Waals surface area contributed by atoms with Gasteiger partial charge in [0.1, 0.15) is 0 Å². The van der Waals surface area contributed by atoms with Crippen LogP contribution in [0.1, 0.15) is 19.3 Å². The third-order valence-corrected chi connectivity index (χ3v) is 3.75. The molecule has 2 N–H and O–H groups in total. The zero-order chi connectivity index (χ0) is 13.0. The van der Waals surface area contributed by atoms with Crippen molar-refractivity contribution in [2.24, 2.45) is 5.92 Å². The molecule has 1 amide bonds. The number of hydrogen-bond acceptors (Lipinski definition) is 3. The summed E-state index contributed by atoms with van der Waals surface area (Å²) in [6.07, 6.45) is 0.767. The van der Waals surface area contributed by atoms with Gasteiger partial charge in [-0.1, -0.05) is 0 Å². The van der Waals surface area contributed by atoms with Crippen LogP contribution in [0.3, 0.4) is 0 Å². The molecule has 0 aromatic heterocycles. The molecule has 0 aromatic carbocycles. The third kappa shape index (κ3) is 5.20. The van der Waals surface area contributed by atoms with E-state index in [1.807, 2.05) is 4.90 Å². The van der Waals surface area contributed by atoms with E-state index in [0.29, 0.717) is 26.2 Å². The van der Waals surface area contributed by atoms with Crippen molar-refractivity contribution in [2.75, 3.05) is 39.3 Å². The van der Waals surface area contributed by atoms with Gasteiger partial charge in [0, 0.05) is 45.6 Å². The molecule has 0 spiro atoms.